The molecule has 1 aromatic rings. The summed E-state index contributed by atoms with van der Waals surface area (Å²) in [5.74, 6) is -1.71. The summed E-state index contributed by atoms with van der Waals surface area (Å²) < 4.78 is 28.5. The van der Waals surface area contributed by atoms with Gasteiger partial charge in [-0.15, -0.1) is 0 Å². The number of fused-ring (bicyclic) bond motifs is 4. The molecule has 4 bridgehead atoms. The van der Waals surface area contributed by atoms with Crippen LogP contribution < -0.4 is 5.32 Å². The number of hydrogen-bond acceptors (Lipinski definition) is 8. The number of ether oxygens (including phenoxy) is 5. The first-order chi connectivity index (χ1) is 14.5. The predicted molar refractivity (Wildman–Crippen MR) is 102 cm³/mol. The molecule has 5 rings (SSSR count). The summed E-state index contributed by atoms with van der Waals surface area (Å²) in [5.41, 5.74) is 1.18. The molecule has 9 nitrogen and oxygen atoms in total. The first-order valence-electron chi connectivity index (χ1n) is 10.3. The van der Waals surface area contributed by atoms with Crippen molar-refractivity contribution in [1.29, 1.82) is 0 Å². The second-order valence-corrected chi connectivity index (χ2v) is 8.37. The van der Waals surface area contributed by atoms with Gasteiger partial charge in [-0.1, -0.05) is 30.3 Å². The Morgan fingerprint density at radius 1 is 1.17 bits per heavy atom. The van der Waals surface area contributed by atoms with Gasteiger partial charge < -0.3 is 33.9 Å². The van der Waals surface area contributed by atoms with E-state index in [1.165, 1.54) is 12.7 Å². The smallest absolute Gasteiger partial charge is 0.337 e. The molecule has 9 heteroatoms. The lowest BCUT2D eigenvalue weighted by atomic mass is 10.0. The minimum Gasteiger partial charge on any atom is -0.467 e. The molecule has 0 aliphatic carbocycles. The largest absolute Gasteiger partial charge is 0.467 e. The zero-order chi connectivity index (χ0) is 20.9. The highest BCUT2D eigenvalue weighted by atomic mass is 16.8. The van der Waals surface area contributed by atoms with Crippen molar-refractivity contribution in [3.8, 4) is 0 Å². The molecule has 1 aromatic carbocycles. The summed E-state index contributed by atoms with van der Waals surface area (Å²) in [4.78, 5) is 26.9. The van der Waals surface area contributed by atoms with Crippen LogP contribution in [0, 0.1) is 0 Å². The summed E-state index contributed by atoms with van der Waals surface area (Å²) in [6.07, 6.45) is -2.17. The molecule has 30 heavy (non-hydrogen) atoms. The molecule has 4 aliphatic heterocycles. The Morgan fingerprint density at radius 3 is 2.73 bits per heavy atom. The number of methoxy groups -OCH3 is 1. The van der Waals surface area contributed by atoms with E-state index in [1.807, 2.05) is 18.2 Å². The lowest BCUT2D eigenvalue weighted by Crippen LogP contribution is -2.56. The van der Waals surface area contributed by atoms with Crippen LogP contribution in [0.2, 0.25) is 0 Å². The Labute approximate surface area is 174 Å². The molecular formula is C21H26N2O7. The first-order valence-corrected chi connectivity index (χ1v) is 10.3. The highest BCUT2D eigenvalue weighted by Gasteiger charge is 2.56. The fourth-order valence-electron chi connectivity index (χ4n) is 4.72. The summed E-state index contributed by atoms with van der Waals surface area (Å²) in [5, 5.41) is 3.45. The Morgan fingerprint density at radius 2 is 1.97 bits per heavy atom. The molecule has 4 fully saturated rings. The third kappa shape index (κ3) is 3.50. The van der Waals surface area contributed by atoms with E-state index in [9.17, 15) is 9.59 Å². The van der Waals surface area contributed by atoms with E-state index < -0.39 is 36.4 Å². The summed E-state index contributed by atoms with van der Waals surface area (Å²) >= 11 is 0. The third-order valence-corrected chi connectivity index (χ3v) is 6.12. The first kappa shape index (κ1) is 19.9. The van der Waals surface area contributed by atoms with E-state index in [0.717, 1.165) is 6.42 Å². The van der Waals surface area contributed by atoms with Crippen molar-refractivity contribution in [2.24, 2.45) is 0 Å². The molecule has 0 radical (unpaired) electrons. The number of morpholine rings is 2. The van der Waals surface area contributed by atoms with Crippen LogP contribution in [0.15, 0.2) is 30.3 Å². The lowest BCUT2D eigenvalue weighted by molar-refractivity contribution is -0.203. The molecule has 0 saturated carbocycles. The number of nitrogens with zero attached hydrogens (tertiary/aromatic N) is 1. The van der Waals surface area contributed by atoms with Crippen LogP contribution in [-0.2, 0) is 39.7 Å². The van der Waals surface area contributed by atoms with Crippen LogP contribution in [0.1, 0.15) is 12.5 Å². The number of carbonyl (C=O) groups excluding carboxylic acids is 2. The van der Waals surface area contributed by atoms with E-state index in [0.29, 0.717) is 6.54 Å². The second kappa shape index (κ2) is 7.58. The van der Waals surface area contributed by atoms with Crippen molar-refractivity contribution < 1.29 is 33.3 Å². The molecular weight excluding hydrogens is 392 g/mol. The molecule has 4 heterocycles. The third-order valence-electron chi connectivity index (χ3n) is 6.12. The van der Waals surface area contributed by atoms with Crippen molar-refractivity contribution >= 4 is 11.9 Å². The van der Waals surface area contributed by atoms with Crippen molar-refractivity contribution in [2.45, 2.75) is 55.9 Å². The van der Waals surface area contributed by atoms with Crippen LogP contribution in [0.5, 0.6) is 0 Å². The van der Waals surface area contributed by atoms with E-state index in [4.69, 9.17) is 23.7 Å². The maximum Gasteiger partial charge on any atom is 0.337 e. The maximum atomic E-state index is 13.3. The Balaban J connectivity index is 1.25. The van der Waals surface area contributed by atoms with E-state index >= 15 is 0 Å². The SMILES string of the molecule is COC(=O)[C@@H]1O[C@]2(C)CN(C(=O)[C@@H]3O[C@H]4O[C@@H]3CNC4Cc3ccccc3)C[C@H]1O2. The minimum absolute atomic E-state index is 0.0214. The van der Waals surface area contributed by atoms with Gasteiger partial charge in [0.05, 0.1) is 26.2 Å². The van der Waals surface area contributed by atoms with Gasteiger partial charge in [0.25, 0.3) is 5.91 Å². The summed E-state index contributed by atoms with van der Waals surface area (Å²) in [6.45, 7) is 2.72. The van der Waals surface area contributed by atoms with Gasteiger partial charge in [0, 0.05) is 6.54 Å². The molecule has 0 spiro atoms. The maximum absolute atomic E-state index is 13.3. The fraction of sp³-hybridized carbons (Fsp3) is 0.619. The number of carbonyl (C=O) groups is 2. The zero-order valence-corrected chi connectivity index (χ0v) is 17.0. The minimum atomic E-state index is -1.04. The highest BCUT2D eigenvalue weighted by Crippen LogP contribution is 2.36. The van der Waals surface area contributed by atoms with Gasteiger partial charge in [0.2, 0.25) is 0 Å². The van der Waals surface area contributed by atoms with Gasteiger partial charge in [-0.3, -0.25) is 4.79 Å². The van der Waals surface area contributed by atoms with Gasteiger partial charge in [-0.2, -0.15) is 0 Å². The Bertz CT molecular complexity index is 821. The Hall–Kier alpha value is -2.04. The number of hydrogen-bond donors (Lipinski definition) is 1. The number of amides is 1. The number of esters is 1. The van der Waals surface area contributed by atoms with Gasteiger partial charge in [-0.25, -0.2) is 4.79 Å². The number of nitrogens with one attached hydrogen (secondary N) is 1. The average Bonchev–Trinajstić information content (AvgIpc) is 3.22. The standard InChI is InChI=1S/C21H26N2O7/c1-21-11-23(10-15(29-21)17(30-21)19(25)26-2)18(24)16-14-9-22-13(20(27-14)28-16)8-12-6-4-3-5-7-12/h3-7,13-17,20,22H,8-11H2,1-2H3/t13?,14-,15-,16-,17-,20-,21-/m1/s1. The lowest BCUT2D eigenvalue weighted by Gasteiger charge is -2.37. The van der Waals surface area contributed by atoms with E-state index in [1.54, 1.807) is 11.8 Å². The topological polar surface area (TPSA) is 95.6 Å². The number of benzene rings is 1. The molecule has 7 atom stereocenters. The van der Waals surface area contributed by atoms with Crippen LogP contribution >= 0.6 is 0 Å². The van der Waals surface area contributed by atoms with Gasteiger partial charge in [0.1, 0.15) is 12.2 Å². The van der Waals surface area contributed by atoms with Crippen LogP contribution in [0.3, 0.4) is 0 Å². The monoisotopic (exact) mass is 418 g/mol. The van der Waals surface area contributed by atoms with E-state index in [-0.39, 0.29) is 31.1 Å². The van der Waals surface area contributed by atoms with Crippen LogP contribution in [0.4, 0.5) is 0 Å². The normalized spacial score (nSPS) is 39.7. The predicted octanol–water partition coefficient (Wildman–Crippen LogP) is -0.174. The molecule has 1 amide bonds. The van der Waals surface area contributed by atoms with Gasteiger partial charge in [0.15, 0.2) is 24.3 Å². The highest BCUT2D eigenvalue weighted by molar-refractivity contribution is 5.83. The Kier molecular flexibility index (Phi) is 5.03. The summed E-state index contributed by atoms with van der Waals surface area (Å²) in [7, 11) is 1.31. The van der Waals surface area contributed by atoms with Crippen LogP contribution in [-0.4, -0.2) is 86.1 Å². The zero-order valence-electron chi connectivity index (χ0n) is 17.0. The molecule has 162 valence electrons. The van der Waals surface area contributed by atoms with Crippen LogP contribution in [0.25, 0.3) is 0 Å². The van der Waals surface area contributed by atoms with Gasteiger partial charge >= 0.3 is 5.97 Å². The van der Waals surface area contributed by atoms with E-state index in [2.05, 4.69) is 17.4 Å². The van der Waals surface area contributed by atoms with Crippen molar-refractivity contribution in [1.82, 2.24) is 10.2 Å². The molecule has 0 aromatic heterocycles. The van der Waals surface area contributed by atoms with Gasteiger partial charge in [-0.05, 0) is 18.9 Å². The van der Waals surface area contributed by atoms with Crippen molar-refractivity contribution in [3.63, 3.8) is 0 Å². The number of rotatable bonds is 4. The molecule has 1 N–H and O–H groups in total. The van der Waals surface area contributed by atoms with Crippen molar-refractivity contribution in [3.05, 3.63) is 35.9 Å². The quantitative estimate of drug-likeness (QED) is 0.674. The fourth-order valence-corrected chi connectivity index (χ4v) is 4.72. The molecule has 4 saturated heterocycles. The second-order valence-electron chi connectivity index (χ2n) is 8.37. The summed E-state index contributed by atoms with van der Waals surface area (Å²) in [6, 6.07) is 10.1. The van der Waals surface area contributed by atoms with Crippen molar-refractivity contribution in [2.75, 3.05) is 26.7 Å². The average molecular weight is 418 g/mol. The molecule has 4 aliphatic rings. The molecule has 1 unspecified atom stereocenters.